The largest absolute Gasteiger partial charge is 0.375 e. The molecule has 1 saturated carbocycles. The Hall–Kier alpha value is -0.410. The lowest BCUT2D eigenvalue weighted by Gasteiger charge is -2.43. The summed E-state index contributed by atoms with van der Waals surface area (Å²) < 4.78 is 6.06. The first-order valence-corrected chi connectivity index (χ1v) is 8.07. The van der Waals surface area contributed by atoms with Gasteiger partial charge in [0.2, 0.25) is 0 Å². The van der Waals surface area contributed by atoms with E-state index in [9.17, 15) is 4.79 Å². The summed E-state index contributed by atoms with van der Waals surface area (Å²) in [6.45, 7) is 2.88. The highest BCUT2D eigenvalue weighted by Crippen LogP contribution is 2.41. The van der Waals surface area contributed by atoms with E-state index in [0.717, 1.165) is 45.1 Å². The monoisotopic (exact) mass is 267 g/mol. The van der Waals surface area contributed by atoms with Gasteiger partial charge in [0.05, 0.1) is 5.60 Å². The van der Waals surface area contributed by atoms with Gasteiger partial charge >= 0.3 is 0 Å². The van der Waals surface area contributed by atoms with Gasteiger partial charge in [0, 0.05) is 25.0 Å². The number of rotatable bonds is 5. The molecule has 110 valence electrons. The van der Waals surface area contributed by atoms with E-state index in [1.807, 2.05) is 0 Å². The molecule has 3 nitrogen and oxygen atoms in total. The Labute approximate surface area is 117 Å². The average Bonchev–Trinajstić information content (AvgIpc) is 2.40. The predicted octanol–water partition coefficient (Wildman–Crippen LogP) is 3.20. The van der Waals surface area contributed by atoms with Crippen molar-refractivity contribution >= 4 is 5.78 Å². The molecule has 19 heavy (non-hydrogen) atoms. The molecule has 1 spiro atoms. The van der Waals surface area contributed by atoms with Crippen LogP contribution < -0.4 is 5.73 Å². The van der Waals surface area contributed by atoms with Crippen molar-refractivity contribution in [3.05, 3.63) is 0 Å². The van der Waals surface area contributed by atoms with E-state index in [1.54, 1.807) is 0 Å². The Bertz CT molecular complexity index is 292. The summed E-state index contributed by atoms with van der Waals surface area (Å²) in [5.41, 5.74) is 6.04. The lowest BCUT2D eigenvalue weighted by Crippen LogP contribution is -2.44. The third-order valence-corrected chi connectivity index (χ3v) is 4.84. The molecular formula is C16H29NO2. The highest BCUT2D eigenvalue weighted by Gasteiger charge is 2.40. The van der Waals surface area contributed by atoms with Crippen molar-refractivity contribution < 1.29 is 9.53 Å². The lowest BCUT2D eigenvalue weighted by atomic mass is 9.74. The number of carbonyl (C=O) groups excluding carboxylic acids is 1. The molecule has 2 rings (SSSR count). The van der Waals surface area contributed by atoms with Crippen molar-refractivity contribution in [3.8, 4) is 0 Å². The van der Waals surface area contributed by atoms with Crippen LogP contribution in [0.4, 0.5) is 0 Å². The number of carbonyl (C=O) groups is 1. The lowest BCUT2D eigenvalue weighted by molar-refractivity contribution is -0.143. The van der Waals surface area contributed by atoms with Crippen molar-refractivity contribution in [2.45, 2.75) is 82.8 Å². The fraction of sp³-hybridized carbons (Fsp3) is 0.938. The normalized spacial score (nSPS) is 28.2. The van der Waals surface area contributed by atoms with Crippen LogP contribution in [0.5, 0.6) is 0 Å². The van der Waals surface area contributed by atoms with E-state index >= 15 is 0 Å². The summed E-state index contributed by atoms with van der Waals surface area (Å²) in [5.74, 6) is 0.587. The maximum absolute atomic E-state index is 12.4. The maximum Gasteiger partial charge on any atom is 0.137 e. The third-order valence-electron chi connectivity index (χ3n) is 4.84. The van der Waals surface area contributed by atoms with Crippen molar-refractivity contribution in [3.63, 3.8) is 0 Å². The zero-order valence-corrected chi connectivity index (χ0v) is 12.3. The van der Waals surface area contributed by atoms with Crippen LogP contribution in [0.15, 0.2) is 0 Å². The van der Waals surface area contributed by atoms with Crippen molar-refractivity contribution in [2.75, 3.05) is 6.61 Å². The van der Waals surface area contributed by atoms with Gasteiger partial charge in [-0.1, -0.05) is 32.6 Å². The Morgan fingerprint density at radius 1 is 1.37 bits per heavy atom. The number of ketones is 1. The molecule has 2 aliphatic rings. The van der Waals surface area contributed by atoms with Crippen LogP contribution in [0, 0.1) is 5.92 Å². The van der Waals surface area contributed by atoms with Gasteiger partial charge in [-0.3, -0.25) is 4.79 Å². The summed E-state index contributed by atoms with van der Waals surface area (Å²) in [6.07, 6.45) is 10.6. The van der Waals surface area contributed by atoms with Crippen molar-refractivity contribution in [1.82, 2.24) is 0 Å². The Morgan fingerprint density at radius 3 is 2.79 bits per heavy atom. The molecule has 2 fully saturated rings. The minimum Gasteiger partial charge on any atom is -0.375 e. The van der Waals surface area contributed by atoms with E-state index in [1.165, 1.54) is 19.3 Å². The molecule has 1 aliphatic heterocycles. The number of Topliss-reactive ketones (excluding diaryl/α,β-unsaturated/α-hetero) is 1. The second-order valence-electron chi connectivity index (χ2n) is 6.50. The maximum atomic E-state index is 12.4. The molecule has 0 bridgehead atoms. The van der Waals surface area contributed by atoms with Gasteiger partial charge in [-0.05, 0) is 32.1 Å². The number of nitrogens with two attached hydrogens (primary N) is 1. The van der Waals surface area contributed by atoms with Crippen LogP contribution in [-0.4, -0.2) is 24.0 Å². The average molecular weight is 267 g/mol. The zero-order valence-electron chi connectivity index (χ0n) is 12.3. The molecule has 2 N–H and O–H groups in total. The van der Waals surface area contributed by atoms with Crippen LogP contribution in [-0.2, 0) is 9.53 Å². The van der Waals surface area contributed by atoms with Crippen LogP contribution in [0.3, 0.4) is 0 Å². The second-order valence-corrected chi connectivity index (χ2v) is 6.50. The third kappa shape index (κ3) is 4.03. The van der Waals surface area contributed by atoms with Gasteiger partial charge in [0.15, 0.2) is 0 Å². The van der Waals surface area contributed by atoms with Gasteiger partial charge in [-0.2, -0.15) is 0 Å². The van der Waals surface area contributed by atoms with Gasteiger partial charge in [0.1, 0.15) is 5.78 Å². The highest BCUT2D eigenvalue weighted by atomic mass is 16.5. The standard InChI is InChI=1S/C16H29NO2/c1-2-6-14(17)11-15(18)13-7-10-19-16(12-13)8-4-3-5-9-16/h13-14H,2-12,17H2,1H3. The molecule has 0 aromatic heterocycles. The number of hydrogen-bond donors (Lipinski definition) is 1. The van der Waals surface area contributed by atoms with E-state index in [2.05, 4.69) is 6.92 Å². The molecule has 1 saturated heterocycles. The molecule has 2 unspecified atom stereocenters. The molecule has 0 radical (unpaired) electrons. The summed E-state index contributed by atoms with van der Waals surface area (Å²) in [4.78, 5) is 12.4. The fourth-order valence-corrected chi connectivity index (χ4v) is 3.75. The molecular weight excluding hydrogens is 238 g/mol. The SMILES string of the molecule is CCCC(N)CC(=O)C1CCOC2(CCCCC2)C1. The molecule has 3 heteroatoms. The van der Waals surface area contributed by atoms with Gasteiger partial charge < -0.3 is 10.5 Å². The smallest absolute Gasteiger partial charge is 0.137 e. The van der Waals surface area contributed by atoms with E-state index < -0.39 is 0 Å². The molecule has 2 atom stereocenters. The zero-order chi connectivity index (χ0) is 13.7. The second kappa shape index (κ2) is 6.85. The number of hydrogen-bond acceptors (Lipinski definition) is 3. The quantitative estimate of drug-likeness (QED) is 0.832. The summed E-state index contributed by atoms with van der Waals surface area (Å²) in [6, 6.07) is 0.0580. The first-order chi connectivity index (χ1) is 9.15. The van der Waals surface area contributed by atoms with Gasteiger partial charge in [-0.25, -0.2) is 0 Å². The Balaban J connectivity index is 1.87. The Morgan fingerprint density at radius 2 is 2.11 bits per heavy atom. The number of ether oxygens (including phenoxy) is 1. The summed E-state index contributed by atoms with van der Waals surface area (Å²) in [7, 11) is 0. The van der Waals surface area contributed by atoms with E-state index in [-0.39, 0.29) is 17.6 Å². The summed E-state index contributed by atoms with van der Waals surface area (Å²) >= 11 is 0. The van der Waals surface area contributed by atoms with Crippen LogP contribution in [0.25, 0.3) is 0 Å². The summed E-state index contributed by atoms with van der Waals surface area (Å²) in [5, 5.41) is 0. The molecule has 0 amide bonds. The fourth-order valence-electron chi connectivity index (χ4n) is 3.75. The van der Waals surface area contributed by atoms with Gasteiger partial charge in [-0.15, -0.1) is 0 Å². The minimum atomic E-state index is 0.0334. The van der Waals surface area contributed by atoms with Crippen LogP contribution >= 0.6 is 0 Å². The molecule has 1 heterocycles. The predicted molar refractivity (Wildman–Crippen MR) is 77.0 cm³/mol. The topological polar surface area (TPSA) is 52.3 Å². The van der Waals surface area contributed by atoms with Crippen molar-refractivity contribution in [1.29, 1.82) is 0 Å². The van der Waals surface area contributed by atoms with Crippen LogP contribution in [0.1, 0.15) is 71.1 Å². The Kier molecular flexibility index (Phi) is 5.40. The first kappa shape index (κ1) is 15.0. The first-order valence-electron chi connectivity index (χ1n) is 8.07. The highest BCUT2D eigenvalue weighted by molar-refractivity contribution is 5.81. The molecule has 0 aromatic rings. The molecule has 0 aromatic carbocycles. The van der Waals surface area contributed by atoms with E-state index in [0.29, 0.717) is 12.2 Å². The van der Waals surface area contributed by atoms with Crippen LogP contribution in [0.2, 0.25) is 0 Å². The van der Waals surface area contributed by atoms with Gasteiger partial charge in [0.25, 0.3) is 0 Å². The minimum absolute atomic E-state index is 0.0334. The van der Waals surface area contributed by atoms with E-state index in [4.69, 9.17) is 10.5 Å². The molecule has 1 aliphatic carbocycles. The van der Waals surface area contributed by atoms with Crippen molar-refractivity contribution in [2.24, 2.45) is 11.7 Å².